The van der Waals surface area contributed by atoms with Crippen LogP contribution in [-0.2, 0) is 33.3 Å². The second-order valence-corrected chi connectivity index (χ2v) is 11.4. The second kappa shape index (κ2) is 37.9. The first kappa shape index (κ1) is 42.7. The van der Waals surface area contributed by atoms with Crippen LogP contribution in [-0.4, -0.2) is 103 Å². The maximum absolute atomic E-state index is 12.0. The molecule has 0 aliphatic heterocycles. The summed E-state index contributed by atoms with van der Waals surface area (Å²) in [7, 11) is 0. The van der Waals surface area contributed by atoms with Gasteiger partial charge in [0.05, 0.1) is 66.1 Å². The van der Waals surface area contributed by atoms with Crippen molar-refractivity contribution < 1.29 is 38.4 Å². The van der Waals surface area contributed by atoms with Gasteiger partial charge < -0.3 is 39.4 Å². The number of aliphatic carboxylic acids is 1. The van der Waals surface area contributed by atoms with Crippen LogP contribution in [0.4, 0.5) is 0 Å². The van der Waals surface area contributed by atoms with Gasteiger partial charge in [0.15, 0.2) is 0 Å². The van der Waals surface area contributed by atoms with Gasteiger partial charge in [0.2, 0.25) is 5.91 Å². The van der Waals surface area contributed by atoms with Gasteiger partial charge in [-0.15, -0.1) is 0 Å². The summed E-state index contributed by atoms with van der Waals surface area (Å²) in [5.41, 5.74) is 0. The monoisotopic (exact) mass is 632 g/mol. The minimum atomic E-state index is -0.679. The third kappa shape index (κ3) is 38.7. The van der Waals surface area contributed by atoms with Crippen molar-refractivity contribution in [3.05, 3.63) is 0 Å². The summed E-state index contributed by atoms with van der Waals surface area (Å²) < 4.78 is 27.5. The molecule has 0 heterocycles. The van der Waals surface area contributed by atoms with Crippen molar-refractivity contribution in [2.45, 2.75) is 122 Å². The summed E-state index contributed by atoms with van der Waals surface area (Å²) in [6.07, 6.45) is 19.9. The first-order chi connectivity index (χ1) is 21.7. The molecule has 0 aromatic carbocycles. The maximum atomic E-state index is 12.0. The van der Waals surface area contributed by atoms with Gasteiger partial charge in [0.1, 0.15) is 0 Å². The van der Waals surface area contributed by atoms with Crippen LogP contribution in [0.25, 0.3) is 0 Å². The highest BCUT2D eigenvalue weighted by Gasteiger charge is 2.01. The first-order valence-corrected chi connectivity index (χ1v) is 17.7. The molecule has 1 amide bonds. The van der Waals surface area contributed by atoms with E-state index in [1.54, 1.807) is 0 Å². The number of hydrogen-bond acceptors (Lipinski definition) is 8. The van der Waals surface area contributed by atoms with Gasteiger partial charge >= 0.3 is 5.97 Å². The lowest BCUT2D eigenvalue weighted by Gasteiger charge is -2.09. The van der Waals surface area contributed by atoms with E-state index >= 15 is 0 Å². The molecule has 0 fully saturated rings. The summed E-state index contributed by atoms with van der Waals surface area (Å²) >= 11 is 0. The molecule has 10 nitrogen and oxygen atoms in total. The Morgan fingerprint density at radius 2 is 0.818 bits per heavy atom. The SMILES string of the molecule is CCCCNCCOCCOCCOCCOCCOCCNC(=O)CCCCCCCCCCCCCCCCC(=O)O. The van der Waals surface area contributed by atoms with E-state index in [4.69, 9.17) is 28.8 Å². The number of rotatable bonds is 38. The molecule has 44 heavy (non-hydrogen) atoms. The molecule has 262 valence electrons. The third-order valence-electron chi connectivity index (χ3n) is 7.23. The average Bonchev–Trinajstić information content (AvgIpc) is 3.01. The summed E-state index contributed by atoms with van der Waals surface area (Å²) in [5, 5.41) is 14.9. The molecule has 10 heteroatoms. The third-order valence-corrected chi connectivity index (χ3v) is 7.23. The predicted molar refractivity (Wildman–Crippen MR) is 176 cm³/mol. The van der Waals surface area contributed by atoms with E-state index in [2.05, 4.69) is 17.6 Å². The van der Waals surface area contributed by atoms with Gasteiger partial charge in [-0.05, 0) is 25.8 Å². The van der Waals surface area contributed by atoms with Gasteiger partial charge in [0.25, 0.3) is 0 Å². The van der Waals surface area contributed by atoms with E-state index < -0.39 is 5.97 Å². The molecule has 0 saturated carbocycles. The Bertz CT molecular complexity index is 598. The number of unbranched alkanes of at least 4 members (excludes halogenated alkanes) is 14. The summed E-state index contributed by atoms with van der Waals surface area (Å²) in [5.74, 6) is -0.572. The van der Waals surface area contributed by atoms with Crippen molar-refractivity contribution in [2.24, 2.45) is 0 Å². The van der Waals surface area contributed by atoms with Crippen LogP contribution in [0.15, 0.2) is 0 Å². The Balaban J connectivity index is 3.15. The van der Waals surface area contributed by atoms with Crippen LogP contribution < -0.4 is 10.6 Å². The Hall–Kier alpha value is -1.30. The summed E-state index contributed by atoms with van der Waals surface area (Å²) in [6.45, 7) is 10.2. The molecule has 0 radical (unpaired) electrons. The second-order valence-electron chi connectivity index (χ2n) is 11.4. The standard InChI is InChI=1S/C34H68N2O8/c1-2-3-20-35-21-23-40-25-27-42-29-31-44-32-30-43-28-26-41-24-22-36-33(37)18-16-14-12-10-8-6-4-5-7-9-11-13-15-17-19-34(38)39/h35H,2-32H2,1H3,(H,36,37)(H,38,39). The molecule has 0 rings (SSSR count). The summed E-state index contributed by atoms with van der Waals surface area (Å²) in [4.78, 5) is 22.4. The maximum Gasteiger partial charge on any atom is 0.303 e. The molecular weight excluding hydrogens is 564 g/mol. The molecule has 0 aromatic heterocycles. The lowest BCUT2D eigenvalue weighted by atomic mass is 10.0. The zero-order valence-corrected chi connectivity index (χ0v) is 28.2. The number of carbonyl (C=O) groups excluding carboxylic acids is 1. The van der Waals surface area contributed by atoms with E-state index in [1.165, 1.54) is 77.0 Å². The Kier molecular flexibility index (Phi) is 36.8. The smallest absolute Gasteiger partial charge is 0.303 e. The summed E-state index contributed by atoms with van der Waals surface area (Å²) in [6, 6.07) is 0. The van der Waals surface area contributed by atoms with Crippen LogP contribution in [0, 0.1) is 0 Å². The van der Waals surface area contributed by atoms with Crippen molar-refractivity contribution in [1.82, 2.24) is 10.6 Å². The molecule has 0 bridgehead atoms. The van der Waals surface area contributed by atoms with Crippen LogP contribution in [0.5, 0.6) is 0 Å². The molecule has 0 saturated heterocycles. The van der Waals surface area contributed by atoms with Crippen molar-refractivity contribution in [3.63, 3.8) is 0 Å². The number of nitrogens with one attached hydrogen (secondary N) is 2. The number of ether oxygens (including phenoxy) is 5. The molecule has 0 aromatic rings. The Labute approximate surface area is 269 Å². The van der Waals surface area contributed by atoms with Crippen LogP contribution >= 0.6 is 0 Å². The number of amides is 1. The predicted octanol–water partition coefficient (Wildman–Crippen LogP) is 5.90. The molecule has 0 atom stereocenters. The fourth-order valence-electron chi connectivity index (χ4n) is 4.59. The molecule has 0 spiro atoms. The highest BCUT2D eigenvalue weighted by molar-refractivity contribution is 5.75. The number of carbonyl (C=O) groups is 2. The van der Waals surface area contributed by atoms with Crippen LogP contribution in [0.3, 0.4) is 0 Å². The zero-order chi connectivity index (χ0) is 32.0. The largest absolute Gasteiger partial charge is 0.481 e. The van der Waals surface area contributed by atoms with Crippen molar-refractivity contribution in [2.75, 3.05) is 85.7 Å². The van der Waals surface area contributed by atoms with Gasteiger partial charge in [0, 0.05) is 25.9 Å². The topological polar surface area (TPSA) is 125 Å². The number of hydrogen-bond donors (Lipinski definition) is 3. The molecule has 0 aliphatic rings. The molecule has 0 aliphatic carbocycles. The van der Waals surface area contributed by atoms with E-state index in [-0.39, 0.29) is 5.91 Å². The van der Waals surface area contributed by atoms with Crippen molar-refractivity contribution in [1.29, 1.82) is 0 Å². The lowest BCUT2D eigenvalue weighted by Crippen LogP contribution is -2.27. The van der Waals surface area contributed by atoms with Crippen LogP contribution in [0.1, 0.15) is 122 Å². The highest BCUT2D eigenvalue weighted by atomic mass is 16.6. The fourth-order valence-corrected chi connectivity index (χ4v) is 4.59. The van der Waals surface area contributed by atoms with E-state index in [1.807, 2.05) is 0 Å². The first-order valence-electron chi connectivity index (χ1n) is 17.7. The van der Waals surface area contributed by atoms with Gasteiger partial charge in [-0.25, -0.2) is 0 Å². The fraction of sp³-hybridized carbons (Fsp3) is 0.941. The van der Waals surface area contributed by atoms with E-state index in [0.717, 1.165) is 38.8 Å². The average molecular weight is 633 g/mol. The number of carboxylic acid groups (broad SMARTS) is 1. The molecular formula is C34H68N2O8. The molecule has 3 N–H and O–H groups in total. The highest BCUT2D eigenvalue weighted by Crippen LogP contribution is 2.13. The zero-order valence-electron chi connectivity index (χ0n) is 28.2. The van der Waals surface area contributed by atoms with E-state index in [9.17, 15) is 9.59 Å². The molecule has 0 unspecified atom stereocenters. The normalized spacial score (nSPS) is 11.3. The van der Waals surface area contributed by atoms with Crippen molar-refractivity contribution in [3.8, 4) is 0 Å². The van der Waals surface area contributed by atoms with Crippen molar-refractivity contribution >= 4 is 11.9 Å². The Morgan fingerprint density at radius 3 is 1.23 bits per heavy atom. The minimum Gasteiger partial charge on any atom is -0.481 e. The quantitative estimate of drug-likeness (QED) is 0.0714. The van der Waals surface area contributed by atoms with Gasteiger partial charge in [-0.2, -0.15) is 0 Å². The van der Waals surface area contributed by atoms with E-state index in [0.29, 0.717) is 85.5 Å². The number of carboxylic acids is 1. The van der Waals surface area contributed by atoms with Crippen LogP contribution in [0.2, 0.25) is 0 Å². The Morgan fingerprint density at radius 1 is 0.455 bits per heavy atom. The minimum absolute atomic E-state index is 0.107. The lowest BCUT2D eigenvalue weighted by molar-refractivity contribution is -0.137. The van der Waals surface area contributed by atoms with Gasteiger partial charge in [-0.3, -0.25) is 9.59 Å². The van der Waals surface area contributed by atoms with Gasteiger partial charge in [-0.1, -0.05) is 90.4 Å².